The Balaban J connectivity index is 2.68. The normalized spacial score (nSPS) is 13.3. The Morgan fingerprint density at radius 1 is 1.30 bits per heavy atom. The number of halogens is 1. The van der Waals surface area contributed by atoms with Crippen molar-refractivity contribution in [3.8, 4) is 0 Å². The van der Waals surface area contributed by atoms with Gasteiger partial charge in [-0.2, -0.15) is 0 Å². The van der Waals surface area contributed by atoms with Crippen LogP contribution >= 0.6 is 11.6 Å². The van der Waals surface area contributed by atoms with Crippen molar-refractivity contribution in [3.63, 3.8) is 0 Å². The molecule has 0 aliphatic rings. The molecule has 0 heterocycles. The Bertz CT molecular complexity index is 414. The lowest BCUT2D eigenvalue weighted by Crippen LogP contribution is -2.40. The van der Waals surface area contributed by atoms with E-state index in [4.69, 9.17) is 16.3 Å². The second-order valence-electron chi connectivity index (χ2n) is 5.98. The van der Waals surface area contributed by atoms with Crippen molar-refractivity contribution in [3.05, 3.63) is 35.9 Å². The van der Waals surface area contributed by atoms with Gasteiger partial charge in [-0.25, -0.2) is 0 Å². The quantitative estimate of drug-likeness (QED) is 0.595. The number of hydrogen-bond acceptors (Lipinski definition) is 3. The number of alkyl halides is 1. The number of benzene rings is 1. The topological polar surface area (TPSA) is 29.5 Å². The molecule has 4 heteroatoms. The van der Waals surface area contributed by atoms with Gasteiger partial charge in [-0.1, -0.05) is 30.3 Å². The molecular formula is C16H24ClNO2. The summed E-state index contributed by atoms with van der Waals surface area (Å²) in [5, 5.41) is 0. The SMILES string of the molecule is CC(CCl)N(CC(=O)OC(C)(C)C)Cc1ccccc1. The Labute approximate surface area is 126 Å². The van der Waals surface area contributed by atoms with Gasteiger partial charge in [0.1, 0.15) is 5.60 Å². The van der Waals surface area contributed by atoms with Gasteiger partial charge in [-0.05, 0) is 33.3 Å². The molecule has 20 heavy (non-hydrogen) atoms. The summed E-state index contributed by atoms with van der Waals surface area (Å²) in [5.41, 5.74) is 0.702. The van der Waals surface area contributed by atoms with Crippen LogP contribution in [0.25, 0.3) is 0 Å². The van der Waals surface area contributed by atoms with Crippen LogP contribution in [0.15, 0.2) is 30.3 Å². The van der Waals surface area contributed by atoms with Crippen molar-refractivity contribution < 1.29 is 9.53 Å². The lowest BCUT2D eigenvalue weighted by atomic mass is 10.2. The molecule has 1 atom stereocenters. The van der Waals surface area contributed by atoms with Crippen LogP contribution < -0.4 is 0 Å². The number of rotatable bonds is 6. The molecule has 1 aromatic carbocycles. The maximum Gasteiger partial charge on any atom is 0.320 e. The number of hydrogen-bond donors (Lipinski definition) is 0. The van der Waals surface area contributed by atoms with Crippen molar-refractivity contribution in [2.45, 2.75) is 45.9 Å². The van der Waals surface area contributed by atoms with Gasteiger partial charge in [0.25, 0.3) is 0 Å². The van der Waals surface area contributed by atoms with E-state index in [0.717, 1.165) is 5.56 Å². The van der Waals surface area contributed by atoms with E-state index >= 15 is 0 Å². The van der Waals surface area contributed by atoms with E-state index in [2.05, 4.69) is 0 Å². The average molecular weight is 298 g/mol. The highest BCUT2D eigenvalue weighted by molar-refractivity contribution is 6.18. The molecule has 0 aliphatic heterocycles. The van der Waals surface area contributed by atoms with Crippen LogP contribution in [0.3, 0.4) is 0 Å². The third-order valence-corrected chi connectivity index (χ3v) is 3.27. The molecule has 0 saturated carbocycles. The lowest BCUT2D eigenvalue weighted by molar-refractivity contribution is -0.156. The van der Waals surface area contributed by atoms with E-state index in [1.165, 1.54) is 0 Å². The van der Waals surface area contributed by atoms with Crippen molar-refractivity contribution in [1.82, 2.24) is 4.90 Å². The Morgan fingerprint density at radius 2 is 1.90 bits per heavy atom. The first-order chi connectivity index (χ1) is 9.31. The second kappa shape index (κ2) is 7.65. The molecule has 0 fully saturated rings. The van der Waals surface area contributed by atoms with E-state index in [1.807, 2.05) is 62.9 Å². The lowest BCUT2D eigenvalue weighted by Gasteiger charge is -2.28. The highest BCUT2D eigenvalue weighted by Crippen LogP contribution is 2.12. The van der Waals surface area contributed by atoms with Crippen LogP contribution in [-0.4, -0.2) is 34.9 Å². The van der Waals surface area contributed by atoms with E-state index in [0.29, 0.717) is 12.4 Å². The molecule has 1 aromatic rings. The number of esters is 1. The molecule has 0 saturated heterocycles. The molecule has 0 spiro atoms. The summed E-state index contributed by atoms with van der Waals surface area (Å²) in [5.74, 6) is 0.265. The molecule has 1 rings (SSSR count). The maximum atomic E-state index is 12.0. The highest BCUT2D eigenvalue weighted by Gasteiger charge is 2.21. The molecule has 112 valence electrons. The Morgan fingerprint density at radius 3 is 2.40 bits per heavy atom. The van der Waals surface area contributed by atoms with Crippen LogP contribution in [0.4, 0.5) is 0 Å². The molecule has 0 radical (unpaired) electrons. The minimum absolute atomic E-state index is 0.115. The summed E-state index contributed by atoms with van der Waals surface area (Å²) in [7, 11) is 0. The van der Waals surface area contributed by atoms with Crippen molar-refractivity contribution in [2.75, 3.05) is 12.4 Å². The van der Waals surface area contributed by atoms with Gasteiger partial charge in [0, 0.05) is 18.5 Å². The van der Waals surface area contributed by atoms with Crippen molar-refractivity contribution in [2.24, 2.45) is 0 Å². The van der Waals surface area contributed by atoms with Crippen molar-refractivity contribution in [1.29, 1.82) is 0 Å². The first-order valence-corrected chi connectivity index (χ1v) is 7.41. The monoisotopic (exact) mass is 297 g/mol. The van der Waals surface area contributed by atoms with Crippen LogP contribution in [-0.2, 0) is 16.1 Å². The molecule has 0 aliphatic carbocycles. The first-order valence-electron chi connectivity index (χ1n) is 6.87. The zero-order valence-electron chi connectivity index (χ0n) is 12.7. The van der Waals surface area contributed by atoms with Gasteiger partial charge in [0.2, 0.25) is 0 Å². The molecule has 0 aromatic heterocycles. The van der Waals surface area contributed by atoms with Crippen LogP contribution in [0.1, 0.15) is 33.3 Å². The van der Waals surface area contributed by atoms with E-state index in [-0.39, 0.29) is 18.6 Å². The number of carbonyl (C=O) groups is 1. The third-order valence-electron chi connectivity index (χ3n) is 2.83. The van der Waals surface area contributed by atoms with Gasteiger partial charge in [-0.3, -0.25) is 9.69 Å². The number of ether oxygens (including phenoxy) is 1. The summed E-state index contributed by atoms with van der Waals surface area (Å²) in [4.78, 5) is 14.0. The molecule has 3 nitrogen and oxygen atoms in total. The largest absolute Gasteiger partial charge is 0.459 e. The van der Waals surface area contributed by atoms with Crippen LogP contribution in [0.5, 0.6) is 0 Å². The van der Waals surface area contributed by atoms with Gasteiger partial charge < -0.3 is 4.74 Å². The standard InChI is InChI=1S/C16H24ClNO2/c1-13(10-17)18(11-14-8-6-5-7-9-14)12-15(19)20-16(2,3)4/h5-9,13H,10-12H2,1-4H3. The maximum absolute atomic E-state index is 12.0. The van der Waals surface area contributed by atoms with Gasteiger partial charge >= 0.3 is 5.97 Å². The van der Waals surface area contributed by atoms with E-state index in [9.17, 15) is 4.79 Å². The summed E-state index contributed by atoms with van der Waals surface area (Å²) in [6.45, 7) is 8.57. The minimum Gasteiger partial charge on any atom is -0.459 e. The molecule has 0 N–H and O–H groups in total. The van der Waals surface area contributed by atoms with Gasteiger partial charge in [0.05, 0.1) is 6.54 Å². The molecule has 0 bridgehead atoms. The smallest absolute Gasteiger partial charge is 0.320 e. The second-order valence-corrected chi connectivity index (χ2v) is 6.29. The highest BCUT2D eigenvalue weighted by atomic mass is 35.5. The zero-order chi connectivity index (χ0) is 15.2. The Hall–Kier alpha value is -1.06. The molecule has 1 unspecified atom stereocenters. The number of carbonyl (C=O) groups excluding carboxylic acids is 1. The Kier molecular flexibility index (Phi) is 6.50. The predicted octanol–water partition coefficient (Wildman–Crippen LogP) is 3.46. The number of nitrogens with zero attached hydrogens (tertiary/aromatic N) is 1. The first kappa shape index (κ1) is 17.0. The van der Waals surface area contributed by atoms with E-state index in [1.54, 1.807) is 0 Å². The van der Waals surface area contributed by atoms with Gasteiger partial charge in [0.15, 0.2) is 0 Å². The predicted molar refractivity (Wildman–Crippen MR) is 82.9 cm³/mol. The van der Waals surface area contributed by atoms with Crippen LogP contribution in [0.2, 0.25) is 0 Å². The summed E-state index contributed by atoms with van der Waals surface area (Å²) >= 11 is 5.94. The fourth-order valence-electron chi connectivity index (χ4n) is 1.82. The zero-order valence-corrected chi connectivity index (χ0v) is 13.5. The fraction of sp³-hybridized carbons (Fsp3) is 0.562. The minimum atomic E-state index is -0.459. The fourth-order valence-corrected chi connectivity index (χ4v) is 2.02. The summed E-state index contributed by atoms with van der Waals surface area (Å²) in [6.07, 6.45) is 0. The summed E-state index contributed by atoms with van der Waals surface area (Å²) < 4.78 is 5.38. The molecular weight excluding hydrogens is 274 g/mol. The third kappa shape index (κ3) is 6.40. The molecule has 0 amide bonds. The van der Waals surface area contributed by atoms with E-state index < -0.39 is 5.60 Å². The van der Waals surface area contributed by atoms with Crippen molar-refractivity contribution >= 4 is 17.6 Å². The van der Waals surface area contributed by atoms with Crippen LogP contribution in [0, 0.1) is 0 Å². The average Bonchev–Trinajstić information content (AvgIpc) is 2.36. The van der Waals surface area contributed by atoms with Gasteiger partial charge in [-0.15, -0.1) is 11.6 Å². The summed E-state index contributed by atoms with van der Waals surface area (Å²) in [6, 6.07) is 10.2.